The topological polar surface area (TPSA) is 143 Å². The van der Waals surface area contributed by atoms with Gasteiger partial charge < -0.3 is 25.3 Å². The van der Waals surface area contributed by atoms with Gasteiger partial charge in [-0.25, -0.2) is 18.7 Å². The van der Waals surface area contributed by atoms with Gasteiger partial charge in [-0.15, -0.1) is 0 Å². The predicted molar refractivity (Wildman–Crippen MR) is 263 cm³/mol. The van der Waals surface area contributed by atoms with Gasteiger partial charge in [-0.3, -0.25) is 39.6 Å². The Morgan fingerprint density at radius 1 is 0.556 bits per heavy atom. The SMILES string of the molecule is O=c1c2cc(I)ccc2nc(/C=N/NC([S-])=Nc2ccccc2)n1-c1ccc(F)cc1.O=c1c2cc(I)ccc2nc(/C=N/NC([S-])=Nc2ccccc2)n1-c1ccc(F)cc1.[Zn+2]. The van der Waals surface area contributed by atoms with E-state index in [-0.39, 0.29) is 52.6 Å². The minimum absolute atomic E-state index is 0. The van der Waals surface area contributed by atoms with Gasteiger partial charge in [0.1, 0.15) is 11.6 Å². The first kappa shape index (κ1) is 46.8. The summed E-state index contributed by atoms with van der Waals surface area (Å²) in [5.41, 5.74) is 8.14. The molecule has 0 saturated carbocycles. The quantitative estimate of drug-likeness (QED) is 0.0385. The number of amidine groups is 2. The fourth-order valence-corrected chi connectivity index (χ4v) is 7.08. The molecule has 2 N–H and O–H groups in total. The Bertz CT molecular complexity index is 2930. The van der Waals surface area contributed by atoms with Crippen molar-refractivity contribution >= 4 is 126 Å². The summed E-state index contributed by atoms with van der Waals surface area (Å²) in [6.07, 6.45) is 2.77. The van der Waals surface area contributed by atoms with E-state index in [0.717, 1.165) is 7.14 Å². The standard InChI is InChI=1S/2C22H15FIN5OS.Zn/c2*23-14-6-9-17(10-7-14)29-20(27-19-11-8-15(24)12-18(19)21(29)30)13-25-28-22(31)26-16-4-2-1-3-5-16;/h2*1-13H,(H2,26,28,31);/q;;+2/p-2/b2*25-13+;. The summed E-state index contributed by atoms with van der Waals surface area (Å²) in [4.78, 5) is 44.0. The number of rotatable bonds is 8. The van der Waals surface area contributed by atoms with Crippen LogP contribution in [0.4, 0.5) is 20.2 Å². The third-order valence-corrected chi connectivity index (χ3v) is 10.2. The number of hydrogen-bond acceptors (Lipinski definition) is 10. The molecular weight excluding hydrogens is 1120 g/mol. The minimum atomic E-state index is -0.398. The summed E-state index contributed by atoms with van der Waals surface area (Å²) in [6.45, 7) is 0. The van der Waals surface area contributed by atoms with Crippen LogP contribution >= 0.6 is 45.2 Å². The first-order valence-electron chi connectivity index (χ1n) is 18.2. The van der Waals surface area contributed by atoms with Crippen LogP contribution < -0.4 is 22.0 Å². The summed E-state index contributed by atoms with van der Waals surface area (Å²) in [5, 5.41) is 9.43. The molecule has 8 rings (SSSR count). The molecule has 0 saturated heterocycles. The van der Waals surface area contributed by atoms with Crippen LogP contribution in [0, 0.1) is 18.8 Å². The van der Waals surface area contributed by atoms with Crippen LogP contribution in [0.25, 0.3) is 33.2 Å². The molecule has 6 aromatic carbocycles. The molecule has 0 radical (unpaired) electrons. The van der Waals surface area contributed by atoms with Gasteiger partial charge in [0.05, 0.1) is 57.0 Å². The molecule has 0 bridgehead atoms. The Balaban J connectivity index is 0.000000206. The van der Waals surface area contributed by atoms with Crippen molar-refractivity contribution in [2.24, 2.45) is 20.2 Å². The number of para-hydroxylation sites is 2. The third-order valence-electron chi connectivity index (χ3n) is 8.54. The Hall–Kier alpha value is -5.74. The average molecular weight is 1150 g/mol. The number of benzene rings is 6. The molecule has 63 heavy (non-hydrogen) atoms. The second kappa shape index (κ2) is 22.1. The average Bonchev–Trinajstić information content (AvgIpc) is 3.26. The Morgan fingerprint density at radius 2 is 0.921 bits per heavy atom. The van der Waals surface area contributed by atoms with Crippen molar-refractivity contribution < 1.29 is 28.3 Å². The number of aromatic nitrogens is 4. The summed E-state index contributed by atoms with van der Waals surface area (Å²) < 4.78 is 31.4. The molecule has 0 aliphatic rings. The summed E-state index contributed by atoms with van der Waals surface area (Å²) in [6, 6.07) is 40.4. The van der Waals surface area contributed by atoms with Crippen molar-refractivity contribution in [2.45, 2.75) is 0 Å². The van der Waals surface area contributed by atoms with Crippen molar-refractivity contribution in [3.8, 4) is 11.4 Å². The van der Waals surface area contributed by atoms with E-state index in [9.17, 15) is 18.4 Å². The van der Waals surface area contributed by atoms with Gasteiger partial charge in [-0.2, -0.15) is 10.2 Å². The van der Waals surface area contributed by atoms with Gasteiger partial charge in [-0.1, -0.05) is 36.4 Å². The number of hydrazone groups is 2. The zero-order valence-corrected chi connectivity index (χ0v) is 41.4. The normalized spacial score (nSPS) is 11.7. The second-order valence-electron chi connectivity index (χ2n) is 12.7. The van der Waals surface area contributed by atoms with E-state index in [2.05, 4.69) is 86.2 Å². The molecule has 308 valence electrons. The minimum Gasteiger partial charge on any atom is -0.741 e. The molecule has 0 fully saturated rings. The fraction of sp³-hybridized carbons (Fsp3) is 0. The maximum atomic E-state index is 13.4. The van der Waals surface area contributed by atoms with Crippen LogP contribution in [-0.4, -0.2) is 41.9 Å². The predicted octanol–water partition coefficient (Wildman–Crippen LogP) is 8.57. The first-order chi connectivity index (χ1) is 30.0. The van der Waals surface area contributed by atoms with Crippen molar-refractivity contribution in [3.05, 3.63) is 197 Å². The molecule has 0 aliphatic carbocycles. The number of nitrogens with one attached hydrogen (secondary N) is 2. The molecular formula is C44H28F2I2N10O2S2Zn. The van der Waals surface area contributed by atoms with E-state index in [1.807, 2.05) is 72.8 Å². The van der Waals surface area contributed by atoms with Gasteiger partial charge in [0.15, 0.2) is 11.6 Å². The Labute approximate surface area is 409 Å². The van der Waals surface area contributed by atoms with Crippen molar-refractivity contribution in [3.63, 3.8) is 0 Å². The number of nitrogens with zero attached hydrogens (tertiary/aromatic N) is 8. The van der Waals surface area contributed by atoms with E-state index >= 15 is 0 Å². The van der Waals surface area contributed by atoms with Gasteiger partial charge in [0.2, 0.25) is 0 Å². The van der Waals surface area contributed by atoms with E-state index in [4.69, 9.17) is 25.3 Å². The van der Waals surface area contributed by atoms with Crippen LogP contribution in [0.5, 0.6) is 0 Å². The van der Waals surface area contributed by atoms with Crippen LogP contribution in [0.1, 0.15) is 11.6 Å². The maximum Gasteiger partial charge on any atom is 2.00 e. The summed E-state index contributed by atoms with van der Waals surface area (Å²) >= 11 is 14.6. The van der Waals surface area contributed by atoms with E-state index < -0.39 is 11.6 Å². The second-order valence-corrected chi connectivity index (χ2v) is 16.0. The monoisotopic (exact) mass is 1150 g/mol. The molecule has 0 spiro atoms. The molecule has 2 heterocycles. The van der Waals surface area contributed by atoms with Crippen molar-refractivity contribution in [1.29, 1.82) is 0 Å². The van der Waals surface area contributed by atoms with E-state index in [1.54, 1.807) is 24.3 Å². The van der Waals surface area contributed by atoms with Crippen LogP contribution in [0.3, 0.4) is 0 Å². The largest absolute Gasteiger partial charge is 2.00 e. The zero-order chi connectivity index (χ0) is 43.6. The van der Waals surface area contributed by atoms with E-state index in [0.29, 0.717) is 44.6 Å². The van der Waals surface area contributed by atoms with E-state index in [1.165, 1.54) is 70.1 Å². The van der Waals surface area contributed by atoms with Crippen LogP contribution in [0.2, 0.25) is 0 Å². The number of halogens is 4. The summed E-state index contributed by atoms with van der Waals surface area (Å²) in [5.74, 6) is -0.268. The van der Waals surface area contributed by atoms with Crippen LogP contribution in [0.15, 0.2) is 175 Å². The van der Waals surface area contributed by atoms with Crippen molar-refractivity contribution in [2.75, 3.05) is 0 Å². The number of fused-ring (bicyclic) bond motifs is 2. The molecule has 0 amide bonds. The molecule has 12 nitrogen and oxygen atoms in total. The smallest absolute Gasteiger partial charge is 0.741 e. The fourth-order valence-electron chi connectivity index (χ4n) is 5.78. The number of hydrogen-bond donors (Lipinski definition) is 2. The molecule has 0 atom stereocenters. The third kappa shape index (κ3) is 12.3. The van der Waals surface area contributed by atoms with Crippen molar-refractivity contribution in [1.82, 2.24) is 30.0 Å². The van der Waals surface area contributed by atoms with Crippen LogP contribution in [-0.2, 0) is 44.7 Å². The maximum absolute atomic E-state index is 13.4. The molecule has 2 aromatic heterocycles. The Morgan fingerprint density at radius 3 is 1.29 bits per heavy atom. The molecule has 19 heteroatoms. The Kier molecular flexibility index (Phi) is 16.4. The molecule has 0 unspecified atom stereocenters. The van der Waals surface area contributed by atoms with Gasteiger partial charge in [0, 0.05) is 17.5 Å². The molecule has 8 aromatic rings. The number of aliphatic imine (C=N–C) groups is 2. The van der Waals surface area contributed by atoms with Gasteiger partial charge in [0.25, 0.3) is 11.1 Å². The zero-order valence-electron chi connectivity index (χ0n) is 32.4. The first-order valence-corrected chi connectivity index (χ1v) is 21.2. The van der Waals surface area contributed by atoms with Gasteiger partial charge in [-0.05, 0) is 154 Å². The summed E-state index contributed by atoms with van der Waals surface area (Å²) in [7, 11) is 0. The molecule has 0 aliphatic heterocycles. The van der Waals surface area contributed by atoms with Gasteiger partial charge >= 0.3 is 19.5 Å².